The van der Waals surface area contributed by atoms with Crippen molar-refractivity contribution < 1.29 is 27.4 Å². The number of likely N-dealkylation sites (N-methyl/N-ethyl adjacent to an activating group) is 1. The Labute approximate surface area is 290 Å². The van der Waals surface area contributed by atoms with E-state index in [1.165, 1.54) is 5.56 Å². The average molecular weight is 700 g/mol. The van der Waals surface area contributed by atoms with E-state index < -0.39 is 21.2 Å². The third-order valence-electron chi connectivity index (χ3n) is 11.8. The first-order valence-corrected chi connectivity index (χ1v) is 19.8. The number of hydrogen-bond donors (Lipinski definition) is 1. The molecular formula is C37H50ClN3O6S. The van der Waals surface area contributed by atoms with Crippen LogP contribution in [0.3, 0.4) is 0 Å². The van der Waals surface area contributed by atoms with Crippen LogP contribution in [0.5, 0.6) is 5.75 Å². The summed E-state index contributed by atoms with van der Waals surface area (Å²) < 4.78 is 49.1. The number of halogens is 1. The fourth-order valence-corrected chi connectivity index (χ4v) is 10.1. The van der Waals surface area contributed by atoms with E-state index in [-0.39, 0.29) is 30.3 Å². The van der Waals surface area contributed by atoms with Crippen LogP contribution < -0.4 is 14.4 Å². The van der Waals surface area contributed by atoms with E-state index in [1.54, 1.807) is 13.0 Å². The first kappa shape index (κ1) is 34.1. The third-order valence-corrected chi connectivity index (χ3v) is 14.0. The van der Waals surface area contributed by atoms with Crippen LogP contribution in [0, 0.1) is 23.7 Å². The number of aryl methyl sites for hydroxylation is 1. The molecule has 1 N–H and O–H groups in total. The summed E-state index contributed by atoms with van der Waals surface area (Å²) >= 11 is 6.38. The standard InChI is InChI=1S/C37H50ClN3O6S/c1-23-7-6-9-31(37-46-34-20-40(3)21-35(34)47-37)30-14-11-27(30)19-41-16-5-4-8-25-17-29(38)13-10-28(25)22-45-33-15-12-26(18-32(33)41)36(42)39-48(43,44)24(23)2/h10,12-13,15,17-18,23-24,27,30-31,34-35,37H,4-9,11,14,16,19-22H2,1-3H3,(H,39,42)/t23-,24+,27-,30+,31+,34-,35+,37?/m0/s1. The molecule has 2 saturated heterocycles. The third kappa shape index (κ3) is 7.11. The minimum atomic E-state index is -3.90. The van der Waals surface area contributed by atoms with Gasteiger partial charge in [-0.25, -0.2) is 13.1 Å². The lowest BCUT2D eigenvalue weighted by molar-refractivity contribution is -0.146. The molecule has 1 unspecified atom stereocenters. The quantitative estimate of drug-likeness (QED) is 0.386. The predicted octanol–water partition coefficient (Wildman–Crippen LogP) is 6.03. The molecule has 1 amide bonds. The molecule has 0 aromatic heterocycles. The summed E-state index contributed by atoms with van der Waals surface area (Å²) in [6.45, 7) is 7.47. The topological polar surface area (TPSA) is 97.4 Å². The van der Waals surface area contributed by atoms with Gasteiger partial charge in [0, 0.05) is 42.7 Å². The van der Waals surface area contributed by atoms with Gasteiger partial charge in [-0.2, -0.15) is 0 Å². The lowest BCUT2D eigenvalue weighted by Gasteiger charge is -2.46. The Kier molecular flexibility index (Phi) is 10.0. The van der Waals surface area contributed by atoms with Crippen LogP contribution in [0.1, 0.15) is 80.3 Å². The lowest BCUT2D eigenvalue weighted by Crippen LogP contribution is -2.45. The minimum absolute atomic E-state index is 0.110. The maximum absolute atomic E-state index is 13.5. The van der Waals surface area contributed by atoms with Gasteiger partial charge >= 0.3 is 0 Å². The van der Waals surface area contributed by atoms with E-state index in [9.17, 15) is 13.2 Å². The molecule has 4 aliphatic heterocycles. The summed E-state index contributed by atoms with van der Waals surface area (Å²) in [6, 6.07) is 11.3. The molecule has 0 spiro atoms. The summed E-state index contributed by atoms with van der Waals surface area (Å²) in [7, 11) is -1.78. The number of ether oxygens (including phenoxy) is 3. The Hall–Kier alpha value is -2.37. The van der Waals surface area contributed by atoms with Crippen molar-refractivity contribution in [2.45, 2.75) is 95.6 Å². The molecule has 48 heavy (non-hydrogen) atoms. The van der Waals surface area contributed by atoms with Crippen LogP contribution >= 0.6 is 11.6 Å². The highest BCUT2D eigenvalue weighted by Gasteiger charge is 2.49. The highest BCUT2D eigenvalue weighted by Crippen LogP contribution is 2.48. The number of nitrogens with one attached hydrogen (secondary N) is 1. The Morgan fingerprint density at radius 3 is 2.42 bits per heavy atom. The van der Waals surface area contributed by atoms with E-state index in [2.05, 4.69) is 21.6 Å². The summed E-state index contributed by atoms with van der Waals surface area (Å²) in [5.41, 5.74) is 3.44. The van der Waals surface area contributed by atoms with Crippen LogP contribution in [0.15, 0.2) is 36.4 Å². The highest BCUT2D eigenvalue weighted by molar-refractivity contribution is 7.90. The van der Waals surface area contributed by atoms with Crippen LogP contribution in [0.25, 0.3) is 0 Å². The zero-order valence-electron chi connectivity index (χ0n) is 28.4. The number of rotatable bonds is 1. The molecule has 3 fully saturated rings. The van der Waals surface area contributed by atoms with Crippen molar-refractivity contribution in [3.63, 3.8) is 0 Å². The summed E-state index contributed by atoms with van der Waals surface area (Å²) in [5.74, 6) is 1.10. The van der Waals surface area contributed by atoms with Crippen molar-refractivity contribution in [2.24, 2.45) is 23.7 Å². The maximum Gasteiger partial charge on any atom is 0.264 e. The van der Waals surface area contributed by atoms with Crippen molar-refractivity contribution in [2.75, 3.05) is 38.1 Å². The van der Waals surface area contributed by atoms with E-state index >= 15 is 0 Å². The normalized spacial score (nSPS) is 34.4. The van der Waals surface area contributed by atoms with Crippen molar-refractivity contribution in [1.29, 1.82) is 0 Å². The number of likely N-dealkylation sites (tertiary alicyclic amines) is 1. The molecule has 2 aromatic rings. The van der Waals surface area contributed by atoms with Gasteiger partial charge in [0.2, 0.25) is 10.0 Å². The molecule has 9 nitrogen and oxygen atoms in total. The van der Waals surface area contributed by atoms with E-state index in [0.717, 1.165) is 93.8 Å². The Balaban J connectivity index is 1.23. The largest absolute Gasteiger partial charge is 0.487 e. The molecule has 5 aliphatic rings. The summed E-state index contributed by atoms with van der Waals surface area (Å²) in [4.78, 5) is 18.2. The Morgan fingerprint density at radius 2 is 1.67 bits per heavy atom. The number of fused-ring (bicyclic) bond motifs is 4. The van der Waals surface area contributed by atoms with Gasteiger partial charge in [-0.15, -0.1) is 0 Å². The SMILES string of the molecule is C[C@@H]1[C@@H](C)CCC[C@@H](C2O[C@H]3CN(C)C[C@H]3O2)[C@@H]2CC[C@H]2CN2CCCCc3cc(Cl)ccc3COc3ccc(cc32)C(=O)NS1(=O)=O. The minimum Gasteiger partial charge on any atom is -0.487 e. The van der Waals surface area contributed by atoms with Crippen LogP contribution in [0.4, 0.5) is 5.69 Å². The first-order chi connectivity index (χ1) is 23.1. The van der Waals surface area contributed by atoms with Gasteiger partial charge in [-0.3, -0.25) is 4.79 Å². The summed E-state index contributed by atoms with van der Waals surface area (Å²) in [6.07, 6.45) is 7.67. The second kappa shape index (κ2) is 14.1. The van der Waals surface area contributed by atoms with Crippen molar-refractivity contribution in [1.82, 2.24) is 9.62 Å². The van der Waals surface area contributed by atoms with Crippen molar-refractivity contribution in [3.8, 4) is 5.75 Å². The number of carbonyl (C=O) groups is 1. The zero-order chi connectivity index (χ0) is 33.6. The molecule has 1 aliphatic carbocycles. The molecular weight excluding hydrogens is 650 g/mol. The van der Waals surface area contributed by atoms with E-state index in [0.29, 0.717) is 29.8 Å². The van der Waals surface area contributed by atoms with Gasteiger partial charge < -0.3 is 24.0 Å². The molecule has 262 valence electrons. The molecule has 2 aromatic carbocycles. The first-order valence-electron chi connectivity index (χ1n) is 17.9. The van der Waals surface area contributed by atoms with Crippen LogP contribution in [-0.4, -0.2) is 76.2 Å². The van der Waals surface area contributed by atoms with Gasteiger partial charge in [0.25, 0.3) is 5.91 Å². The zero-order valence-corrected chi connectivity index (χ0v) is 30.0. The average Bonchev–Trinajstić information content (AvgIpc) is 3.58. The van der Waals surface area contributed by atoms with Gasteiger partial charge in [0.05, 0.1) is 10.9 Å². The van der Waals surface area contributed by atoms with Gasteiger partial charge in [0.15, 0.2) is 6.29 Å². The van der Waals surface area contributed by atoms with Crippen molar-refractivity contribution >= 4 is 33.2 Å². The van der Waals surface area contributed by atoms with E-state index in [1.807, 2.05) is 37.3 Å². The lowest BCUT2D eigenvalue weighted by atomic mass is 9.65. The summed E-state index contributed by atoms with van der Waals surface area (Å²) in [5, 5.41) is 0.00673. The number of anilines is 1. The number of sulfonamides is 1. The molecule has 2 bridgehead atoms. The molecule has 8 atom stereocenters. The molecule has 11 heteroatoms. The fraction of sp³-hybridized carbons (Fsp3) is 0.649. The highest BCUT2D eigenvalue weighted by atomic mass is 35.5. The predicted molar refractivity (Wildman–Crippen MR) is 187 cm³/mol. The Morgan fingerprint density at radius 1 is 0.875 bits per heavy atom. The van der Waals surface area contributed by atoms with Crippen LogP contribution in [-0.2, 0) is 32.5 Å². The number of carbonyl (C=O) groups excluding carboxylic acids is 1. The number of benzene rings is 2. The molecule has 1 saturated carbocycles. The van der Waals surface area contributed by atoms with Gasteiger partial charge in [-0.1, -0.05) is 31.0 Å². The number of nitrogens with zero attached hydrogens (tertiary/aromatic N) is 2. The van der Waals surface area contributed by atoms with Gasteiger partial charge in [0.1, 0.15) is 24.6 Å². The van der Waals surface area contributed by atoms with Gasteiger partial charge in [-0.05, 0) is 118 Å². The second-order valence-electron chi connectivity index (χ2n) is 15.0. The maximum atomic E-state index is 13.5. The molecule has 7 rings (SSSR count). The smallest absolute Gasteiger partial charge is 0.264 e. The second-order valence-corrected chi connectivity index (χ2v) is 17.5. The van der Waals surface area contributed by atoms with Crippen molar-refractivity contribution in [3.05, 3.63) is 58.1 Å². The number of amides is 1. The van der Waals surface area contributed by atoms with Crippen LogP contribution in [0.2, 0.25) is 5.02 Å². The molecule has 4 heterocycles. The Bertz CT molecular complexity index is 1590. The fourth-order valence-electron chi connectivity index (χ4n) is 8.56. The van der Waals surface area contributed by atoms with E-state index in [4.69, 9.17) is 25.8 Å². The molecule has 0 radical (unpaired) electrons. The number of hydrogen-bond acceptors (Lipinski definition) is 8. The monoisotopic (exact) mass is 699 g/mol.